The molecule has 0 aromatic rings. The number of ether oxygens (including phenoxy) is 1. The van der Waals surface area contributed by atoms with Crippen LogP contribution in [0.15, 0.2) is 0 Å². The molecule has 1 fully saturated rings. The van der Waals surface area contributed by atoms with Crippen molar-refractivity contribution >= 4 is 5.91 Å². The van der Waals surface area contributed by atoms with Crippen molar-refractivity contribution in [3.63, 3.8) is 0 Å². The van der Waals surface area contributed by atoms with Gasteiger partial charge in [0.15, 0.2) is 0 Å². The summed E-state index contributed by atoms with van der Waals surface area (Å²) in [6.07, 6.45) is 0. The van der Waals surface area contributed by atoms with Gasteiger partial charge in [0.25, 0.3) is 0 Å². The summed E-state index contributed by atoms with van der Waals surface area (Å²) in [6.45, 7) is 7.77. The van der Waals surface area contributed by atoms with Crippen molar-refractivity contribution in [1.29, 1.82) is 0 Å². The highest BCUT2D eigenvalue weighted by atomic mass is 16.5. The summed E-state index contributed by atoms with van der Waals surface area (Å²) in [6, 6.07) is 0. The number of carbonyl (C=O) groups is 1. The van der Waals surface area contributed by atoms with E-state index in [0.29, 0.717) is 12.5 Å². The van der Waals surface area contributed by atoms with Gasteiger partial charge < -0.3 is 19.9 Å². The normalized spacial score (nSPS) is 19.4. The number of rotatable bonds is 6. The van der Waals surface area contributed by atoms with Crippen LogP contribution in [0.2, 0.25) is 0 Å². The van der Waals surface area contributed by atoms with Crippen LogP contribution in [-0.2, 0) is 9.53 Å². The van der Waals surface area contributed by atoms with E-state index in [2.05, 4.69) is 24.2 Å². The molecule has 1 aliphatic heterocycles. The summed E-state index contributed by atoms with van der Waals surface area (Å²) in [4.78, 5) is 16.0. The highest BCUT2D eigenvalue weighted by Gasteiger charge is 2.18. The van der Waals surface area contributed by atoms with E-state index in [-0.39, 0.29) is 5.91 Å². The Kier molecular flexibility index (Phi) is 6.47. The predicted octanol–water partition coefficient (Wildman–Crippen LogP) is -0.367. The molecule has 1 unspecified atom stereocenters. The van der Waals surface area contributed by atoms with E-state index < -0.39 is 0 Å². The average Bonchev–Trinajstić information content (AvgIpc) is 2.30. The molecule has 0 aromatic heterocycles. The molecule has 1 amide bonds. The van der Waals surface area contributed by atoms with E-state index in [4.69, 9.17) is 4.74 Å². The molecule has 5 heteroatoms. The zero-order valence-electron chi connectivity index (χ0n) is 11.2. The van der Waals surface area contributed by atoms with Crippen LogP contribution < -0.4 is 5.32 Å². The number of nitrogens with zero attached hydrogens (tertiary/aromatic N) is 2. The van der Waals surface area contributed by atoms with Crippen LogP contribution >= 0.6 is 0 Å². The van der Waals surface area contributed by atoms with Crippen molar-refractivity contribution in [3.05, 3.63) is 0 Å². The fourth-order valence-electron chi connectivity index (χ4n) is 1.94. The Morgan fingerprint density at radius 2 is 2.00 bits per heavy atom. The number of hydrogen-bond acceptors (Lipinski definition) is 4. The van der Waals surface area contributed by atoms with Gasteiger partial charge in [0.05, 0.1) is 6.54 Å². The van der Waals surface area contributed by atoms with Crippen LogP contribution in [0.4, 0.5) is 0 Å². The molecule has 1 atom stereocenters. The van der Waals surface area contributed by atoms with Gasteiger partial charge in [-0.2, -0.15) is 0 Å². The number of carbonyl (C=O) groups excluding carboxylic acids is 1. The lowest BCUT2D eigenvalue weighted by molar-refractivity contribution is -0.131. The third kappa shape index (κ3) is 5.48. The maximum atomic E-state index is 11.9. The van der Waals surface area contributed by atoms with Gasteiger partial charge in [-0.3, -0.25) is 4.79 Å². The minimum atomic E-state index is 0.211. The highest BCUT2D eigenvalue weighted by Crippen LogP contribution is 1.99. The van der Waals surface area contributed by atoms with Gasteiger partial charge in [-0.1, -0.05) is 6.92 Å². The maximum Gasteiger partial charge on any atom is 0.236 e. The molecule has 0 aliphatic carbocycles. The van der Waals surface area contributed by atoms with Gasteiger partial charge in [-0.25, -0.2) is 0 Å². The number of likely N-dealkylation sites (N-methyl/N-ethyl adjacent to an activating group) is 1. The van der Waals surface area contributed by atoms with Crippen molar-refractivity contribution in [2.24, 2.45) is 5.92 Å². The van der Waals surface area contributed by atoms with Crippen molar-refractivity contribution in [1.82, 2.24) is 15.1 Å². The fraction of sp³-hybridized carbons (Fsp3) is 0.917. The van der Waals surface area contributed by atoms with Gasteiger partial charge in [0.1, 0.15) is 0 Å². The Morgan fingerprint density at radius 1 is 1.35 bits per heavy atom. The lowest BCUT2D eigenvalue weighted by Gasteiger charge is -2.32. The predicted molar refractivity (Wildman–Crippen MR) is 68.0 cm³/mol. The summed E-state index contributed by atoms with van der Waals surface area (Å²) in [5.41, 5.74) is 0. The van der Waals surface area contributed by atoms with Crippen LogP contribution in [0.5, 0.6) is 0 Å². The summed E-state index contributed by atoms with van der Waals surface area (Å²) in [5.74, 6) is 0.656. The van der Waals surface area contributed by atoms with Crippen molar-refractivity contribution in [3.8, 4) is 0 Å². The van der Waals surface area contributed by atoms with Crippen molar-refractivity contribution in [2.75, 3.05) is 60.0 Å². The molecule has 0 spiro atoms. The van der Waals surface area contributed by atoms with Crippen LogP contribution in [0.25, 0.3) is 0 Å². The molecule has 0 aromatic carbocycles. The molecule has 100 valence electrons. The summed E-state index contributed by atoms with van der Waals surface area (Å²) in [7, 11) is 3.79. The standard InChI is InChI=1S/C12H25N3O2/c1-11(10-17-3)8-13-9-12(16)15-6-4-14(2)5-7-15/h11,13H,4-10H2,1-3H3. The third-order valence-electron chi connectivity index (χ3n) is 3.08. The number of hydrogen-bond donors (Lipinski definition) is 1. The van der Waals surface area contributed by atoms with E-state index in [9.17, 15) is 4.79 Å². The van der Waals surface area contributed by atoms with Crippen molar-refractivity contribution < 1.29 is 9.53 Å². The zero-order chi connectivity index (χ0) is 12.7. The lowest BCUT2D eigenvalue weighted by Crippen LogP contribution is -2.49. The van der Waals surface area contributed by atoms with Gasteiger partial charge in [-0.05, 0) is 13.0 Å². The Balaban J connectivity index is 2.12. The molecule has 5 nitrogen and oxygen atoms in total. The first-order chi connectivity index (χ1) is 8.13. The van der Waals surface area contributed by atoms with Crippen LogP contribution in [0, 0.1) is 5.92 Å². The molecule has 0 saturated carbocycles. The summed E-state index contributed by atoms with van der Waals surface area (Å²) < 4.78 is 5.05. The fourth-order valence-corrected chi connectivity index (χ4v) is 1.94. The first-order valence-electron chi connectivity index (χ1n) is 6.29. The minimum absolute atomic E-state index is 0.211. The Bertz CT molecular complexity index is 228. The van der Waals surface area contributed by atoms with Crippen LogP contribution in [-0.4, -0.2) is 75.7 Å². The smallest absolute Gasteiger partial charge is 0.236 e. The molecular weight excluding hydrogens is 218 g/mol. The van der Waals surface area contributed by atoms with Gasteiger partial charge in [-0.15, -0.1) is 0 Å². The van der Waals surface area contributed by atoms with E-state index in [1.54, 1.807) is 7.11 Å². The average molecular weight is 243 g/mol. The Labute approximate surface area is 104 Å². The highest BCUT2D eigenvalue weighted by molar-refractivity contribution is 5.78. The molecule has 1 rings (SSSR count). The number of nitrogens with one attached hydrogen (secondary N) is 1. The lowest BCUT2D eigenvalue weighted by atomic mass is 10.2. The third-order valence-corrected chi connectivity index (χ3v) is 3.08. The Hall–Kier alpha value is -0.650. The Morgan fingerprint density at radius 3 is 2.59 bits per heavy atom. The first-order valence-corrected chi connectivity index (χ1v) is 6.29. The molecular formula is C12H25N3O2. The van der Waals surface area contributed by atoms with E-state index >= 15 is 0 Å². The summed E-state index contributed by atoms with van der Waals surface area (Å²) in [5, 5.41) is 3.19. The molecule has 1 heterocycles. The quantitative estimate of drug-likeness (QED) is 0.691. The molecule has 17 heavy (non-hydrogen) atoms. The maximum absolute atomic E-state index is 11.9. The molecule has 1 N–H and O–H groups in total. The second kappa shape index (κ2) is 7.63. The summed E-state index contributed by atoms with van der Waals surface area (Å²) >= 11 is 0. The van der Waals surface area contributed by atoms with E-state index in [1.165, 1.54) is 0 Å². The van der Waals surface area contributed by atoms with E-state index in [0.717, 1.165) is 39.3 Å². The van der Waals surface area contributed by atoms with Crippen LogP contribution in [0.1, 0.15) is 6.92 Å². The van der Waals surface area contributed by atoms with Crippen LogP contribution in [0.3, 0.4) is 0 Å². The van der Waals surface area contributed by atoms with E-state index in [1.807, 2.05) is 4.90 Å². The molecule has 1 saturated heterocycles. The second-order valence-electron chi connectivity index (χ2n) is 4.88. The largest absolute Gasteiger partial charge is 0.384 e. The first kappa shape index (κ1) is 14.4. The second-order valence-corrected chi connectivity index (χ2v) is 4.88. The van der Waals surface area contributed by atoms with Gasteiger partial charge in [0.2, 0.25) is 5.91 Å². The molecule has 0 radical (unpaired) electrons. The minimum Gasteiger partial charge on any atom is -0.384 e. The molecule has 1 aliphatic rings. The zero-order valence-corrected chi connectivity index (χ0v) is 11.2. The topological polar surface area (TPSA) is 44.8 Å². The molecule has 0 bridgehead atoms. The monoisotopic (exact) mass is 243 g/mol. The van der Waals surface area contributed by atoms with Gasteiger partial charge >= 0.3 is 0 Å². The number of methoxy groups -OCH3 is 1. The number of piperazine rings is 1. The van der Waals surface area contributed by atoms with Crippen molar-refractivity contribution in [2.45, 2.75) is 6.92 Å². The van der Waals surface area contributed by atoms with Gasteiger partial charge in [0, 0.05) is 46.4 Å². The SMILES string of the molecule is COCC(C)CNCC(=O)N1CCN(C)CC1. The number of amides is 1.